The van der Waals surface area contributed by atoms with Crippen molar-refractivity contribution in [3.8, 4) is 0 Å². The molecule has 23 heavy (non-hydrogen) atoms. The molecule has 0 fully saturated rings. The van der Waals surface area contributed by atoms with E-state index in [0.29, 0.717) is 5.56 Å². The van der Waals surface area contributed by atoms with Crippen LogP contribution in [0.25, 0.3) is 6.08 Å². The number of methoxy groups -OCH3 is 1. The summed E-state index contributed by atoms with van der Waals surface area (Å²) in [6.07, 6.45) is 3.15. The molecule has 0 saturated heterocycles. The van der Waals surface area contributed by atoms with E-state index in [-0.39, 0.29) is 11.9 Å². The number of nitrogens with one attached hydrogen (secondary N) is 1. The summed E-state index contributed by atoms with van der Waals surface area (Å²) >= 11 is 0. The van der Waals surface area contributed by atoms with Crippen LogP contribution in [-0.4, -0.2) is 19.0 Å². The van der Waals surface area contributed by atoms with Gasteiger partial charge in [-0.3, -0.25) is 4.79 Å². The van der Waals surface area contributed by atoms with Crippen molar-refractivity contribution in [3.05, 3.63) is 70.8 Å². The Balaban J connectivity index is 2.00. The third kappa shape index (κ3) is 4.54. The van der Waals surface area contributed by atoms with Gasteiger partial charge in [-0.1, -0.05) is 18.2 Å². The zero-order valence-electron chi connectivity index (χ0n) is 13.4. The molecular weight excluding hydrogens is 290 g/mol. The fourth-order valence-electron chi connectivity index (χ4n) is 2.02. The molecule has 0 aliphatic rings. The largest absolute Gasteiger partial charge is 0.465 e. The first-order chi connectivity index (χ1) is 11.0. The predicted octanol–water partition coefficient (Wildman–Crippen LogP) is 3.74. The highest BCUT2D eigenvalue weighted by atomic mass is 16.5. The lowest BCUT2D eigenvalue weighted by molar-refractivity contribution is -0.111. The summed E-state index contributed by atoms with van der Waals surface area (Å²) < 4.78 is 4.64. The zero-order valence-corrected chi connectivity index (χ0v) is 13.4. The van der Waals surface area contributed by atoms with Gasteiger partial charge in [0, 0.05) is 11.8 Å². The molecule has 4 heteroatoms. The lowest BCUT2D eigenvalue weighted by atomic mass is 10.1. The number of amides is 1. The third-order valence-electron chi connectivity index (χ3n) is 3.53. The minimum atomic E-state index is -0.381. The number of ether oxygens (including phenoxy) is 1. The van der Waals surface area contributed by atoms with Crippen LogP contribution in [0.5, 0.6) is 0 Å². The number of hydrogen-bond acceptors (Lipinski definition) is 3. The lowest BCUT2D eigenvalue weighted by Gasteiger charge is -2.05. The summed E-state index contributed by atoms with van der Waals surface area (Å²) in [7, 11) is 1.34. The van der Waals surface area contributed by atoms with Crippen LogP contribution in [0.2, 0.25) is 0 Å². The van der Waals surface area contributed by atoms with E-state index in [1.165, 1.54) is 18.7 Å². The average Bonchev–Trinajstić information content (AvgIpc) is 2.56. The van der Waals surface area contributed by atoms with Crippen molar-refractivity contribution < 1.29 is 14.3 Å². The first kappa shape index (κ1) is 16.5. The Kier molecular flexibility index (Phi) is 5.31. The van der Waals surface area contributed by atoms with Gasteiger partial charge in [0.15, 0.2) is 0 Å². The van der Waals surface area contributed by atoms with Gasteiger partial charge in [-0.15, -0.1) is 0 Å². The normalized spacial score (nSPS) is 10.6. The second-order valence-corrected chi connectivity index (χ2v) is 5.24. The Bertz CT molecular complexity index is 746. The van der Waals surface area contributed by atoms with Crippen molar-refractivity contribution >= 4 is 23.6 Å². The molecule has 0 aromatic heterocycles. The molecule has 4 nitrogen and oxygen atoms in total. The van der Waals surface area contributed by atoms with Gasteiger partial charge in [0.1, 0.15) is 0 Å². The van der Waals surface area contributed by atoms with Gasteiger partial charge < -0.3 is 10.1 Å². The average molecular weight is 309 g/mol. The zero-order chi connectivity index (χ0) is 16.8. The Morgan fingerprint density at radius 3 is 2.30 bits per heavy atom. The monoisotopic (exact) mass is 309 g/mol. The first-order valence-electron chi connectivity index (χ1n) is 7.24. The predicted molar refractivity (Wildman–Crippen MR) is 91.4 cm³/mol. The van der Waals surface area contributed by atoms with E-state index in [1.54, 1.807) is 30.3 Å². The van der Waals surface area contributed by atoms with Crippen LogP contribution < -0.4 is 5.32 Å². The van der Waals surface area contributed by atoms with E-state index in [9.17, 15) is 9.59 Å². The Labute approximate surface area is 135 Å². The lowest BCUT2D eigenvalue weighted by Crippen LogP contribution is -2.07. The Hall–Kier alpha value is -2.88. The van der Waals surface area contributed by atoms with Crippen molar-refractivity contribution in [1.29, 1.82) is 0 Å². The summed E-state index contributed by atoms with van der Waals surface area (Å²) in [5.41, 5.74) is 4.38. The molecule has 0 unspecified atom stereocenters. The summed E-state index contributed by atoms with van der Waals surface area (Å²) in [5.74, 6) is -0.585. The Morgan fingerprint density at radius 2 is 1.70 bits per heavy atom. The molecule has 0 radical (unpaired) electrons. The minimum absolute atomic E-state index is 0.203. The molecule has 2 rings (SSSR count). The second kappa shape index (κ2) is 7.40. The summed E-state index contributed by atoms with van der Waals surface area (Å²) in [6, 6.07) is 12.6. The fraction of sp³-hybridized carbons (Fsp3) is 0.158. The van der Waals surface area contributed by atoms with Crippen molar-refractivity contribution in [1.82, 2.24) is 0 Å². The molecule has 0 bridgehead atoms. The molecule has 2 aromatic rings. The maximum Gasteiger partial charge on any atom is 0.337 e. The van der Waals surface area contributed by atoms with Gasteiger partial charge in [-0.05, 0) is 60.9 Å². The molecule has 2 aromatic carbocycles. The van der Waals surface area contributed by atoms with Crippen LogP contribution in [-0.2, 0) is 9.53 Å². The first-order valence-corrected chi connectivity index (χ1v) is 7.24. The molecule has 0 aliphatic carbocycles. The van der Waals surface area contributed by atoms with Crippen molar-refractivity contribution in [2.45, 2.75) is 13.8 Å². The molecule has 1 N–H and O–H groups in total. The van der Waals surface area contributed by atoms with Crippen LogP contribution in [0, 0.1) is 13.8 Å². The molecule has 0 aliphatic heterocycles. The van der Waals surface area contributed by atoms with Crippen LogP contribution in [0.4, 0.5) is 5.69 Å². The quantitative estimate of drug-likeness (QED) is 0.691. The second-order valence-electron chi connectivity index (χ2n) is 5.24. The molecule has 1 amide bonds. The van der Waals surface area contributed by atoms with Crippen LogP contribution >= 0.6 is 0 Å². The van der Waals surface area contributed by atoms with Crippen LogP contribution in [0.3, 0.4) is 0 Å². The highest BCUT2D eigenvalue weighted by molar-refractivity contribution is 6.02. The molecule has 0 saturated carbocycles. The molecule has 0 atom stereocenters. The van der Waals surface area contributed by atoms with Crippen molar-refractivity contribution in [2.75, 3.05) is 12.4 Å². The molecule has 0 heterocycles. The molecule has 0 spiro atoms. The smallest absolute Gasteiger partial charge is 0.337 e. The summed E-state index contributed by atoms with van der Waals surface area (Å²) in [5, 5.41) is 2.82. The highest BCUT2D eigenvalue weighted by Crippen LogP contribution is 2.14. The number of carbonyl (C=O) groups excluding carboxylic acids is 2. The molecular formula is C19H19NO3. The number of benzene rings is 2. The number of anilines is 1. The van der Waals surface area contributed by atoms with E-state index in [4.69, 9.17) is 0 Å². The Morgan fingerprint density at radius 1 is 1.00 bits per heavy atom. The van der Waals surface area contributed by atoms with Gasteiger partial charge >= 0.3 is 5.97 Å². The van der Waals surface area contributed by atoms with Gasteiger partial charge in [0.2, 0.25) is 5.91 Å². The number of esters is 1. The van der Waals surface area contributed by atoms with Gasteiger partial charge in [0.05, 0.1) is 12.7 Å². The SMILES string of the molecule is COC(=O)c1ccc(/C=C/C(=O)Nc2ccc(C)c(C)c2)cc1. The van der Waals surface area contributed by atoms with E-state index < -0.39 is 0 Å². The van der Waals surface area contributed by atoms with Crippen molar-refractivity contribution in [3.63, 3.8) is 0 Å². The fourth-order valence-corrected chi connectivity index (χ4v) is 2.02. The van der Waals surface area contributed by atoms with Gasteiger partial charge in [0.25, 0.3) is 0 Å². The van der Waals surface area contributed by atoms with Gasteiger partial charge in [-0.2, -0.15) is 0 Å². The minimum Gasteiger partial charge on any atom is -0.465 e. The topological polar surface area (TPSA) is 55.4 Å². The molecule has 118 valence electrons. The van der Waals surface area contributed by atoms with Gasteiger partial charge in [-0.25, -0.2) is 4.79 Å². The number of rotatable bonds is 4. The number of hydrogen-bond donors (Lipinski definition) is 1. The summed E-state index contributed by atoms with van der Waals surface area (Å²) in [4.78, 5) is 23.3. The van der Waals surface area contributed by atoms with Crippen LogP contribution in [0.1, 0.15) is 27.0 Å². The van der Waals surface area contributed by atoms with Crippen LogP contribution in [0.15, 0.2) is 48.5 Å². The number of aryl methyl sites for hydroxylation is 2. The van der Waals surface area contributed by atoms with E-state index in [0.717, 1.165) is 16.8 Å². The van der Waals surface area contributed by atoms with E-state index in [2.05, 4.69) is 10.1 Å². The third-order valence-corrected chi connectivity index (χ3v) is 3.53. The van der Waals surface area contributed by atoms with Crippen molar-refractivity contribution in [2.24, 2.45) is 0 Å². The standard InChI is InChI=1S/C19H19NO3/c1-13-4-10-17(12-14(13)2)20-18(21)11-7-15-5-8-16(9-6-15)19(22)23-3/h4-12H,1-3H3,(H,20,21)/b11-7+. The maximum atomic E-state index is 11.9. The highest BCUT2D eigenvalue weighted by Gasteiger charge is 2.04. The maximum absolute atomic E-state index is 11.9. The summed E-state index contributed by atoms with van der Waals surface area (Å²) in [6.45, 7) is 4.03. The van der Waals surface area contributed by atoms with E-state index in [1.807, 2.05) is 32.0 Å². The van der Waals surface area contributed by atoms with E-state index >= 15 is 0 Å². The number of carbonyl (C=O) groups is 2.